The second-order valence-corrected chi connectivity index (χ2v) is 5.15. The fourth-order valence-corrected chi connectivity index (χ4v) is 2.36. The molecule has 19 heavy (non-hydrogen) atoms. The van der Waals surface area contributed by atoms with Crippen LogP contribution >= 0.6 is 0 Å². The van der Waals surface area contributed by atoms with Crippen LogP contribution in [0.5, 0.6) is 0 Å². The molecule has 1 aromatic rings. The molecule has 0 bridgehead atoms. The molecule has 0 amide bonds. The maximum absolute atomic E-state index is 12.8. The van der Waals surface area contributed by atoms with E-state index in [-0.39, 0.29) is 11.6 Å². The molecule has 0 N–H and O–H groups in total. The lowest BCUT2D eigenvalue weighted by Gasteiger charge is -2.28. The number of carbonyl (C=O) groups excluding carboxylic acids is 1. The van der Waals surface area contributed by atoms with Crippen LogP contribution in [0, 0.1) is 11.7 Å². The number of benzene rings is 1. The van der Waals surface area contributed by atoms with Crippen molar-refractivity contribution in [1.29, 1.82) is 0 Å². The topological polar surface area (TPSA) is 29.5 Å². The summed E-state index contributed by atoms with van der Waals surface area (Å²) >= 11 is 0. The Morgan fingerprint density at radius 2 is 1.95 bits per heavy atom. The van der Waals surface area contributed by atoms with Crippen LogP contribution < -0.4 is 0 Å². The summed E-state index contributed by atoms with van der Waals surface area (Å²) in [6, 6.07) is 5.78. The zero-order valence-electron chi connectivity index (χ0n) is 11.3. The number of rotatable bonds is 5. The van der Waals surface area contributed by atoms with Gasteiger partial charge in [0.1, 0.15) is 5.82 Å². The summed E-state index contributed by atoms with van der Waals surface area (Å²) < 4.78 is 18.1. The van der Waals surface area contributed by atoms with Crippen molar-refractivity contribution in [3.05, 3.63) is 35.6 Å². The first kappa shape index (κ1) is 14.2. The van der Waals surface area contributed by atoms with Crippen LogP contribution in [-0.2, 0) is 4.74 Å². The minimum atomic E-state index is -0.307. The number of carbonyl (C=O) groups is 1. The minimum Gasteiger partial charge on any atom is -0.379 e. The van der Waals surface area contributed by atoms with Gasteiger partial charge in [0.2, 0.25) is 0 Å². The van der Waals surface area contributed by atoms with Crippen molar-refractivity contribution >= 4 is 5.78 Å². The molecule has 4 heteroatoms. The Morgan fingerprint density at radius 1 is 1.32 bits per heavy atom. The Bertz CT molecular complexity index is 413. The average molecular weight is 265 g/mol. The van der Waals surface area contributed by atoms with E-state index in [4.69, 9.17) is 4.74 Å². The molecule has 1 fully saturated rings. The summed E-state index contributed by atoms with van der Waals surface area (Å²) in [6.07, 6.45) is 0.503. The van der Waals surface area contributed by atoms with Gasteiger partial charge in [-0.1, -0.05) is 6.92 Å². The molecule has 1 aliphatic heterocycles. The molecule has 104 valence electrons. The van der Waals surface area contributed by atoms with Gasteiger partial charge in [0.05, 0.1) is 13.2 Å². The van der Waals surface area contributed by atoms with Gasteiger partial charge in [-0.3, -0.25) is 9.69 Å². The van der Waals surface area contributed by atoms with Gasteiger partial charge in [0.25, 0.3) is 0 Å². The zero-order chi connectivity index (χ0) is 13.7. The largest absolute Gasteiger partial charge is 0.379 e. The van der Waals surface area contributed by atoms with E-state index < -0.39 is 0 Å². The van der Waals surface area contributed by atoms with E-state index in [1.165, 1.54) is 12.1 Å². The number of hydrogen-bond donors (Lipinski definition) is 0. The molecule has 2 rings (SSSR count). The number of morpholine rings is 1. The fourth-order valence-electron chi connectivity index (χ4n) is 2.36. The normalized spacial score (nSPS) is 18.2. The highest BCUT2D eigenvalue weighted by atomic mass is 19.1. The van der Waals surface area contributed by atoms with E-state index in [0.717, 1.165) is 32.8 Å². The summed E-state index contributed by atoms with van der Waals surface area (Å²) in [6.45, 7) is 6.43. The summed E-state index contributed by atoms with van der Waals surface area (Å²) in [7, 11) is 0. The van der Waals surface area contributed by atoms with Crippen molar-refractivity contribution in [3.8, 4) is 0 Å². The lowest BCUT2D eigenvalue weighted by molar-refractivity contribution is 0.0312. The molecule has 0 spiro atoms. The predicted octanol–water partition coefficient (Wildman–Crippen LogP) is 2.37. The summed E-state index contributed by atoms with van der Waals surface area (Å²) in [5.74, 6) is 0.0781. The first-order valence-electron chi connectivity index (χ1n) is 6.74. The quantitative estimate of drug-likeness (QED) is 0.765. The van der Waals surface area contributed by atoms with E-state index in [9.17, 15) is 9.18 Å². The molecule has 0 aromatic heterocycles. The number of Topliss-reactive ketones (excluding diaryl/α,β-unsaturated/α-hetero) is 1. The van der Waals surface area contributed by atoms with Gasteiger partial charge in [-0.15, -0.1) is 0 Å². The summed E-state index contributed by atoms with van der Waals surface area (Å²) in [5, 5.41) is 0. The number of halogens is 1. The van der Waals surface area contributed by atoms with E-state index in [1.54, 1.807) is 12.1 Å². The molecule has 1 unspecified atom stereocenters. The van der Waals surface area contributed by atoms with Gasteiger partial charge in [-0.25, -0.2) is 4.39 Å². The molecule has 3 nitrogen and oxygen atoms in total. The van der Waals surface area contributed by atoms with Crippen molar-refractivity contribution in [3.63, 3.8) is 0 Å². The van der Waals surface area contributed by atoms with Gasteiger partial charge in [0.15, 0.2) is 5.78 Å². The monoisotopic (exact) mass is 265 g/mol. The van der Waals surface area contributed by atoms with Gasteiger partial charge in [0, 0.05) is 31.6 Å². The number of hydrogen-bond acceptors (Lipinski definition) is 3. The van der Waals surface area contributed by atoms with Crippen LogP contribution in [0.25, 0.3) is 0 Å². The standard InChI is InChI=1S/C15H20FNO2/c1-12(11-17-6-8-19-9-7-17)10-15(18)13-2-4-14(16)5-3-13/h2-5,12H,6-11H2,1H3. The van der Waals surface area contributed by atoms with E-state index in [1.807, 2.05) is 0 Å². The van der Waals surface area contributed by atoms with Gasteiger partial charge >= 0.3 is 0 Å². The smallest absolute Gasteiger partial charge is 0.163 e. The molecule has 0 aliphatic carbocycles. The molecule has 1 saturated heterocycles. The van der Waals surface area contributed by atoms with Crippen molar-refractivity contribution < 1.29 is 13.9 Å². The fraction of sp³-hybridized carbons (Fsp3) is 0.533. The molecule has 0 radical (unpaired) electrons. The van der Waals surface area contributed by atoms with E-state index in [0.29, 0.717) is 17.9 Å². The molecule has 1 aliphatic rings. The minimum absolute atomic E-state index is 0.0840. The molecular weight excluding hydrogens is 245 g/mol. The van der Waals surface area contributed by atoms with Crippen molar-refractivity contribution in [2.75, 3.05) is 32.8 Å². The first-order valence-corrected chi connectivity index (χ1v) is 6.74. The van der Waals surface area contributed by atoms with Crippen LogP contribution in [0.15, 0.2) is 24.3 Å². The van der Waals surface area contributed by atoms with Crippen molar-refractivity contribution in [2.24, 2.45) is 5.92 Å². The molecule has 1 atom stereocenters. The highest BCUT2D eigenvalue weighted by molar-refractivity contribution is 5.96. The maximum atomic E-state index is 12.8. The highest BCUT2D eigenvalue weighted by Gasteiger charge is 2.16. The Hall–Kier alpha value is -1.26. The van der Waals surface area contributed by atoms with Crippen molar-refractivity contribution in [2.45, 2.75) is 13.3 Å². The third-order valence-corrected chi connectivity index (χ3v) is 3.37. The second-order valence-electron chi connectivity index (χ2n) is 5.15. The van der Waals surface area contributed by atoms with Crippen LogP contribution in [-0.4, -0.2) is 43.5 Å². The van der Waals surface area contributed by atoms with Gasteiger partial charge in [-0.05, 0) is 30.2 Å². The average Bonchev–Trinajstić information content (AvgIpc) is 2.40. The lowest BCUT2D eigenvalue weighted by Crippen LogP contribution is -2.39. The third-order valence-electron chi connectivity index (χ3n) is 3.37. The Balaban J connectivity index is 1.82. The lowest BCUT2D eigenvalue weighted by atomic mass is 9.99. The molecule has 1 heterocycles. The van der Waals surface area contributed by atoms with Gasteiger partial charge < -0.3 is 4.74 Å². The molecule has 1 aromatic carbocycles. The maximum Gasteiger partial charge on any atom is 0.163 e. The van der Waals surface area contributed by atoms with Gasteiger partial charge in [-0.2, -0.15) is 0 Å². The Kier molecular flexibility index (Phi) is 5.05. The van der Waals surface area contributed by atoms with Crippen LogP contribution in [0.2, 0.25) is 0 Å². The van der Waals surface area contributed by atoms with E-state index >= 15 is 0 Å². The number of nitrogens with zero attached hydrogens (tertiary/aromatic N) is 1. The number of ether oxygens (including phenoxy) is 1. The Morgan fingerprint density at radius 3 is 2.58 bits per heavy atom. The van der Waals surface area contributed by atoms with E-state index in [2.05, 4.69) is 11.8 Å². The zero-order valence-corrected chi connectivity index (χ0v) is 11.3. The highest BCUT2D eigenvalue weighted by Crippen LogP contribution is 2.13. The van der Waals surface area contributed by atoms with Crippen LogP contribution in [0.1, 0.15) is 23.7 Å². The number of ketones is 1. The summed E-state index contributed by atoms with van der Waals surface area (Å²) in [4.78, 5) is 14.4. The third kappa shape index (κ3) is 4.40. The first-order chi connectivity index (χ1) is 9.15. The Labute approximate surface area is 113 Å². The van der Waals surface area contributed by atoms with Crippen LogP contribution in [0.4, 0.5) is 4.39 Å². The SMILES string of the molecule is CC(CC(=O)c1ccc(F)cc1)CN1CCOCC1. The predicted molar refractivity (Wildman–Crippen MR) is 71.8 cm³/mol. The molecular formula is C15H20FNO2. The molecule has 0 saturated carbocycles. The second kappa shape index (κ2) is 6.78. The summed E-state index contributed by atoms with van der Waals surface area (Å²) in [5.41, 5.74) is 0.593. The van der Waals surface area contributed by atoms with Crippen molar-refractivity contribution in [1.82, 2.24) is 4.90 Å². The van der Waals surface area contributed by atoms with Crippen LogP contribution in [0.3, 0.4) is 0 Å².